The summed E-state index contributed by atoms with van der Waals surface area (Å²) >= 11 is 0. The van der Waals surface area contributed by atoms with Gasteiger partial charge < -0.3 is 10.4 Å². The first-order valence-corrected chi connectivity index (χ1v) is 7.18. The molecule has 0 aliphatic rings. The molecule has 1 aromatic rings. The van der Waals surface area contributed by atoms with Gasteiger partial charge in [0.1, 0.15) is 0 Å². The van der Waals surface area contributed by atoms with Crippen LogP contribution < -0.4 is 5.32 Å². The molecule has 4 nitrogen and oxygen atoms in total. The van der Waals surface area contributed by atoms with Crippen molar-refractivity contribution in [2.24, 2.45) is 0 Å². The molecule has 20 heavy (non-hydrogen) atoms. The monoisotopic (exact) mass is 277 g/mol. The predicted octanol–water partition coefficient (Wildman–Crippen LogP) is 3.99. The number of amides is 1. The van der Waals surface area contributed by atoms with Crippen LogP contribution in [0.15, 0.2) is 18.2 Å². The Balaban J connectivity index is 2.51. The zero-order valence-corrected chi connectivity index (χ0v) is 12.2. The van der Waals surface area contributed by atoms with Crippen molar-refractivity contribution in [3.8, 4) is 0 Å². The first-order chi connectivity index (χ1) is 9.54. The lowest BCUT2D eigenvalue weighted by molar-refractivity contribution is -0.116. The van der Waals surface area contributed by atoms with Gasteiger partial charge in [0.25, 0.3) is 0 Å². The maximum Gasteiger partial charge on any atom is 0.337 e. The summed E-state index contributed by atoms with van der Waals surface area (Å²) in [5.74, 6) is -1.14. The second-order valence-corrected chi connectivity index (χ2v) is 5.07. The Morgan fingerprint density at radius 2 is 1.85 bits per heavy atom. The molecule has 1 aromatic carbocycles. The number of hydrogen-bond donors (Lipinski definition) is 2. The summed E-state index contributed by atoms with van der Waals surface area (Å²) in [7, 11) is 0. The van der Waals surface area contributed by atoms with Gasteiger partial charge in [-0.05, 0) is 25.5 Å². The first-order valence-electron chi connectivity index (χ1n) is 7.18. The molecule has 0 radical (unpaired) electrons. The van der Waals surface area contributed by atoms with Gasteiger partial charge in [-0.15, -0.1) is 0 Å². The number of aryl methyl sites for hydroxylation is 1. The molecule has 0 unspecified atom stereocenters. The largest absolute Gasteiger partial charge is 0.478 e. The molecule has 0 saturated carbocycles. The van der Waals surface area contributed by atoms with Crippen LogP contribution in [-0.4, -0.2) is 17.0 Å². The van der Waals surface area contributed by atoms with Gasteiger partial charge in [-0.1, -0.05) is 44.2 Å². The highest BCUT2D eigenvalue weighted by Gasteiger charge is 2.12. The normalized spacial score (nSPS) is 10.3. The minimum atomic E-state index is -1.02. The summed E-state index contributed by atoms with van der Waals surface area (Å²) in [4.78, 5) is 22.9. The Kier molecular flexibility index (Phi) is 6.77. The van der Waals surface area contributed by atoms with Gasteiger partial charge in [-0.3, -0.25) is 4.79 Å². The van der Waals surface area contributed by atoms with Crippen LogP contribution in [0.3, 0.4) is 0 Å². The van der Waals surface area contributed by atoms with E-state index in [0.29, 0.717) is 12.1 Å². The zero-order chi connectivity index (χ0) is 15.0. The van der Waals surface area contributed by atoms with Crippen molar-refractivity contribution in [1.82, 2.24) is 0 Å². The van der Waals surface area contributed by atoms with E-state index in [1.54, 1.807) is 18.2 Å². The second kappa shape index (κ2) is 8.35. The molecule has 2 N–H and O–H groups in total. The lowest BCUT2D eigenvalue weighted by Gasteiger charge is -2.09. The summed E-state index contributed by atoms with van der Waals surface area (Å²) in [6.45, 7) is 3.98. The Hall–Kier alpha value is -1.84. The molecule has 0 heterocycles. The minimum Gasteiger partial charge on any atom is -0.478 e. The lowest BCUT2D eigenvalue weighted by atomic mass is 10.1. The summed E-state index contributed by atoms with van der Waals surface area (Å²) in [6.07, 6.45) is 5.85. The van der Waals surface area contributed by atoms with Crippen LogP contribution in [0.4, 0.5) is 5.69 Å². The van der Waals surface area contributed by atoms with E-state index < -0.39 is 5.97 Å². The van der Waals surface area contributed by atoms with Gasteiger partial charge in [-0.25, -0.2) is 4.79 Å². The van der Waals surface area contributed by atoms with Crippen molar-refractivity contribution in [2.75, 3.05) is 5.32 Å². The quantitative estimate of drug-likeness (QED) is 0.706. The highest BCUT2D eigenvalue weighted by Crippen LogP contribution is 2.18. The van der Waals surface area contributed by atoms with Crippen molar-refractivity contribution in [3.05, 3.63) is 29.3 Å². The maximum atomic E-state index is 11.8. The SMILES string of the molecule is CCCCCCCC(=O)Nc1ccc(C)cc1C(=O)O. The average molecular weight is 277 g/mol. The number of anilines is 1. The van der Waals surface area contributed by atoms with Gasteiger partial charge in [0.05, 0.1) is 11.3 Å². The molecular weight excluding hydrogens is 254 g/mol. The van der Waals surface area contributed by atoms with E-state index in [-0.39, 0.29) is 11.5 Å². The smallest absolute Gasteiger partial charge is 0.337 e. The number of carboxylic acids is 1. The number of hydrogen-bond acceptors (Lipinski definition) is 2. The Labute approximate surface area is 120 Å². The summed E-state index contributed by atoms with van der Waals surface area (Å²) in [6, 6.07) is 5.01. The fourth-order valence-electron chi connectivity index (χ4n) is 2.05. The van der Waals surface area contributed by atoms with E-state index in [1.165, 1.54) is 12.8 Å². The summed E-state index contributed by atoms with van der Waals surface area (Å²) in [5, 5.41) is 11.8. The number of rotatable bonds is 8. The molecule has 4 heteroatoms. The van der Waals surface area contributed by atoms with E-state index in [2.05, 4.69) is 12.2 Å². The average Bonchev–Trinajstić information content (AvgIpc) is 2.40. The topological polar surface area (TPSA) is 66.4 Å². The van der Waals surface area contributed by atoms with Gasteiger partial charge in [-0.2, -0.15) is 0 Å². The minimum absolute atomic E-state index is 0.118. The Morgan fingerprint density at radius 1 is 1.15 bits per heavy atom. The third kappa shape index (κ3) is 5.43. The van der Waals surface area contributed by atoms with Crippen molar-refractivity contribution >= 4 is 17.6 Å². The molecule has 0 aliphatic heterocycles. The van der Waals surface area contributed by atoms with Crippen LogP contribution in [0.25, 0.3) is 0 Å². The highest BCUT2D eigenvalue weighted by molar-refractivity contribution is 6.00. The van der Waals surface area contributed by atoms with Crippen LogP contribution in [0.2, 0.25) is 0 Å². The molecule has 0 bridgehead atoms. The second-order valence-electron chi connectivity index (χ2n) is 5.07. The number of carbonyl (C=O) groups is 2. The molecule has 0 spiro atoms. The summed E-state index contributed by atoms with van der Waals surface area (Å²) < 4.78 is 0. The van der Waals surface area contributed by atoms with Crippen molar-refractivity contribution in [1.29, 1.82) is 0 Å². The fraction of sp³-hybridized carbons (Fsp3) is 0.500. The standard InChI is InChI=1S/C16H23NO3/c1-3-4-5-6-7-8-15(18)17-14-10-9-12(2)11-13(14)16(19)20/h9-11H,3-8H2,1-2H3,(H,17,18)(H,19,20). The Morgan fingerprint density at radius 3 is 2.50 bits per heavy atom. The van der Waals surface area contributed by atoms with Crippen molar-refractivity contribution in [2.45, 2.75) is 52.4 Å². The van der Waals surface area contributed by atoms with Gasteiger partial charge in [0.15, 0.2) is 0 Å². The van der Waals surface area contributed by atoms with E-state index in [1.807, 2.05) is 6.92 Å². The Bertz CT molecular complexity index is 469. The lowest BCUT2D eigenvalue weighted by Crippen LogP contribution is -2.14. The van der Waals surface area contributed by atoms with Gasteiger partial charge >= 0.3 is 5.97 Å². The molecule has 0 atom stereocenters. The van der Waals surface area contributed by atoms with Gasteiger partial charge in [0.2, 0.25) is 5.91 Å². The zero-order valence-electron chi connectivity index (χ0n) is 12.2. The fourth-order valence-corrected chi connectivity index (χ4v) is 2.05. The highest BCUT2D eigenvalue weighted by atomic mass is 16.4. The third-order valence-electron chi connectivity index (χ3n) is 3.19. The van der Waals surface area contributed by atoms with Gasteiger partial charge in [0, 0.05) is 6.42 Å². The number of benzene rings is 1. The molecule has 1 rings (SSSR count). The number of aromatic carboxylic acids is 1. The first kappa shape index (κ1) is 16.2. The molecule has 0 fully saturated rings. The van der Waals surface area contributed by atoms with Crippen LogP contribution in [0.5, 0.6) is 0 Å². The van der Waals surface area contributed by atoms with Crippen LogP contribution >= 0.6 is 0 Å². The van der Waals surface area contributed by atoms with E-state index >= 15 is 0 Å². The molecule has 110 valence electrons. The van der Waals surface area contributed by atoms with Crippen molar-refractivity contribution < 1.29 is 14.7 Å². The molecule has 0 aromatic heterocycles. The number of unbranched alkanes of at least 4 members (excludes halogenated alkanes) is 4. The number of carboxylic acid groups (broad SMARTS) is 1. The van der Waals surface area contributed by atoms with Crippen LogP contribution in [-0.2, 0) is 4.79 Å². The maximum absolute atomic E-state index is 11.8. The molecule has 1 amide bonds. The molecule has 0 aliphatic carbocycles. The van der Waals surface area contributed by atoms with Crippen LogP contribution in [0.1, 0.15) is 61.4 Å². The third-order valence-corrected chi connectivity index (χ3v) is 3.19. The van der Waals surface area contributed by atoms with E-state index in [0.717, 1.165) is 24.8 Å². The van der Waals surface area contributed by atoms with Crippen LogP contribution in [0, 0.1) is 6.92 Å². The van der Waals surface area contributed by atoms with E-state index in [4.69, 9.17) is 5.11 Å². The summed E-state index contributed by atoms with van der Waals surface area (Å²) in [5.41, 5.74) is 1.38. The molecular formula is C16H23NO3. The van der Waals surface area contributed by atoms with Crippen molar-refractivity contribution in [3.63, 3.8) is 0 Å². The number of carbonyl (C=O) groups excluding carboxylic acids is 1. The number of nitrogens with one attached hydrogen (secondary N) is 1. The van der Waals surface area contributed by atoms with E-state index in [9.17, 15) is 9.59 Å². The predicted molar refractivity (Wildman–Crippen MR) is 80.1 cm³/mol. The molecule has 0 saturated heterocycles.